The second-order valence-electron chi connectivity index (χ2n) is 6.64. The Hall–Kier alpha value is -1.48. The normalized spacial score (nSPS) is 21.5. The summed E-state index contributed by atoms with van der Waals surface area (Å²) in [5.41, 5.74) is 2.53. The van der Waals surface area contributed by atoms with E-state index in [4.69, 9.17) is 0 Å². The number of hydrogen-bond acceptors (Lipinski definition) is 0. The first-order chi connectivity index (χ1) is 10.8. The monoisotopic (exact) mass is 294 g/mol. The molecule has 0 amide bonds. The first kappa shape index (κ1) is 16.9. The molecule has 0 aromatic heterocycles. The Morgan fingerprint density at radius 2 is 1.73 bits per heavy atom. The summed E-state index contributed by atoms with van der Waals surface area (Å²) in [5, 5.41) is 0. The van der Waals surface area contributed by atoms with Crippen molar-refractivity contribution in [2.24, 2.45) is 11.8 Å². The molecule has 22 heavy (non-hydrogen) atoms. The molecule has 0 heterocycles. The van der Waals surface area contributed by atoms with E-state index in [1.54, 1.807) is 0 Å². The lowest BCUT2D eigenvalue weighted by atomic mass is 9.80. The van der Waals surface area contributed by atoms with Gasteiger partial charge in [0.2, 0.25) is 0 Å². The third-order valence-corrected chi connectivity index (χ3v) is 4.75. The van der Waals surface area contributed by atoms with E-state index in [9.17, 15) is 0 Å². The maximum Gasteiger partial charge on any atom is 0.0249 e. The maximum absolute atomic E-state index is 3.25. The Bertz CT molecular complexity index is 501. The maximum atomic E-state index is 3.25. The predicted octanol–water partition coefficient (Wildman–Crippen LogP) is 6.15. The zero-order valence-electron chi connectivity index (χ0n) is 14.3. The SMILES string of the molecule is CCCc1ccc(C#CC=CC2CCC(CCC)CC2)cc1. The van der Waals surface area contributed by atoms with Crippen molar-refractivity contribution in [1.29, 1.82) is 0 Å². The van der Waals surface area contributed by atoms with Crippen LogP contribution in [0.4, 0.5) is 0 Å². The van der Waals surface area contributed by atoms with Gasteiger partial charge in [-0.05, 0) is 67.7 Å². The number of benzene rings is 1. The van der Waals surface area contributed by atoms with Crippen LogP contribution in [-0.4, -0.2) is 0 Å². The smallest absolute Gasteiger partial charge is 0.0249 e. The van der Waals surface area contributed by atoms with Crippen molar-refractivity contribution in [2.75, 3.05) is 0 Å². The predicted molar refractivity (Wildman–Crippen MR) is 96.8 cm³/mol. The molecule has 1 aliphatic rings. The van der Waals surface area contributed by atoms with Gasteiger partial charge in [0.15, 0.2) is 0 Å². The van der Waals surface area contributed by atoms with Crippen LogP contribution in [0.2, 0.25) is 0 Å². The average Bonchev–Trinajstić information content (AvgIpc) is 2.55. The van der Waals surface area contributed by atoms with Crippen molar-refractivity contribution >= 4 is 0 Å². The molecule has 0 aliphatic heterocycles. The first-order valence-corrected chi connectivity index (χ1v) is 9.09. The Labute approximate surface area is 137 Å². The van der Waals surface area contributed by atoms with Crippen molar-refractivity contribution in [3.8, 4) is 11.8 Å². The summed E-state index contributed by atoms with van der Waals surface area (Å²) in [6.45, 7) is 4.52. The zero-order valence-corrected chi connectivity index (χ0v) is 14.3. The molecule has 0 nitrogen and oxygen atoms in total. The number of aryl methyl sites for hydroxylation is 1. The van der Waals surface area contributed by atoms with Crippen LogP contribution in [0, 0.1) is 23.7 Å². The second-order valence-corrected chi connectivity index (χ2v) is 6.64. The quantitative estimate of drug-likeness (QED) is 0.571. The lowest BCUT2D eigenvalue weighted by Gasteiger charge is -2.26. The summed E-state index contributed by atoms with van der Waals surface area (Å²) >= 11 is 0. The standard InChI is InChI=1S/C22H30/c1-3-7-19-11-15-21(16-12-19)9-5-6-10-22-17-13-20(8-4-2)14-18-22/h5,9,13-14,17-19,21H,3-4,7-8,11-12,15-16H2,1-2H3. The van der Waals surface area contributed by atoms with Gasteiger partial charge in [0.25, 0.3) is 0 Å². The average molecular weight is 294 g/mol. The molecule has 0 saturated heterocycles. The molecular formula is C22H30. The molecule has 1 aliphatic carbocycles. The molecule has 0 atom stereocenters. The van der Waals surface area contributed by atoms with Crippen LogP contribution in [0.15, 0.2) is 36.4 Å². The van der Waals surface area contributed by atoms with Crippen LogP contribution in [0.5, 0.6) is 0 Å². The fourth-order valence-electron chi connectivity index (χ4n) is 3.43. The van der Waals surface area contributed by atoms with Gasteiger partial charge in [-0.15, -0.1) is 0 Å². The van der Waals surface area contributed by atoms with Gasteiger partial charge in [-0.3, -0.25) is 0 Å². The van der Waals surface area contributed by atoms with Crippen LogP contribution in [0.25, 0.3) is 0 Å². The van der Waals surface area contributed by atoms with Crippen molar-refractivity contribution in [3.05, 3.63) is 47.5 Å². The lowest BCUT2D eigenvalue weighted by Crippen LogP contribution is -2.12. The molecule has 0 unspecified atom stereocenters. The number of hydrogen-bond donors (Lipinski definition) is 0. The first-order valence-electron chi connectivity index (χ1n) is 9.09. The molecule has 2 rings (SSSR count). The highest BCUT2D eigenvalue weighted by Gasteiger charge is 2.18. The minimum Gasteiger partial charge on any atom is -0.0730 e. The second kappa shape index (κ2) is 9.52. The molecule has 0 spiro atoms. The highest BCUT2D eigenvalue weighted by atomic mass is 14.2. The highest BCUT2D eigenvalue weighted by molar-refractivity contribution is 5.38. The summed E-state index contributed by atoms with van der Waals surface area (Å²) in [6.07, 6.45) is 15.1. The van der Waals surface area contributed by atoms with E-state index < -0.39 is 0 Å². The van der Waals surface area contributed by atoms with Gasteiger partial charge in [0.1, 0.15) is 0 Å². The summed E-state index contributed by atoms with van der Waals surface area (Å²) in [4.78, 5) is 0. The Kier molecular flexibility index (Phi) is 7.31. The molecule has 1 saturated carbocycles. The van der Waals surface area contributed by atoms with E-state index >= 15 is 0 Å². The van der Waals surface area contributed by atoms with E-state index in [2.05, 4.69) is 62.1 Å². The summed E-state index contributed by atoms with van der Waals surface area (Å²) in [6, 6.07) is 8.68. The van der Waals surface area contributed by atoms with Crippen LogP contribution in [-0.2, 0) is 6.42 Å². The lowest BCUT2D eigenvalue weighted by molar-refractivity contribution is 0.294. The zero-order chi connectivity index (χ0) is 15.6. The van der Waals surface area contributed by atoms with Gasteiger partial charge in [0.05, 0.1) is 0 Å². The summed E-state index contributed by atoms with van der Waals surface area (Å²) < 4.78 is 0. The third-order valence-electron chi connectivity index (χ3n) is 4.75. The van der Waals surface area contributed by atoms with Gasteiger partial charge in [-0.25, -0.2) is 0 Å². The minimum absolute atomic E-state index is 0.759. The third kappa shape index (κ3) is 5.72. The molecular weight excluding hydrogens is 264 g/mol. The molecule has 118 valence electrons. The highest BCUT2D eigenvalue weighted by Crippen LogP contribution is 2.31. The van der Waals surface area contributed by atoms with Crippen molar-refractivity contribution in [2.45, 2.75) is 65.2 Å². The molecule has 0 N–H and O–H groups in total. The van der Waals surface area contributed by atoms with Gasteiger partial charge >= 0.3 is 0 Å². The summed E-state index contributed by atoms with van der Waals surface area (Å²) in [7, 11) is 0. The van der Waals surface area contributed by atoms with Crippen LogP contribution < -0.4 is 0 Å². The van der Waals surface area contributed by atoms with Gasteiger partial charge in [-0.1, -0.05) is 63.2 Å². The molecule has 1 aromatic carbocycles. The number of rotatable bonds is 5. The van der Waals surface area contributed by atoms with E-state index in [-0.39, 0.29) is 0 Å². The Morgan fingerprint density at radius 3 is 2.36 bits per heavy atom. The molecule has 0 bridgehead atoms. The van der Waals surface area contributed by atoms with Crippen molar-refractivity contribution in [3.63, 3.8) is 0 Å². The largest absolute Gasteiger partial charge is 0.0730 e. The molecule has 1 aromatic rings. The van der Waals surface area contributed by atoms with E-state index in [1.807, 2.05) is 0 Å². The Balaban J connectivity index is 1.78. The fraction of sp³-hybridized carbons (Fsp3) is 0.545. The topological polar surface area (TPSA) is 0 Å². The van der Waals surface area contributed by atoms with Crippen molar-refractivity contribution < 1.29 is 0 Å². The van der Waals surface area contributed by atoms with Crippen molar-refractivity contribution in [1.82, 2.24) is 0 Å². The molecule has 0 radical (unpaired) electrons. The fourth-order valence-corrected chi connectivity index (χ4v) is 3.43. The van der Waals surface area contributed by atoms with Crippen LogP contribution in [0.3, 0.4) is 0 Å². The molecule has 1 fully saturated rings. The Morgan fingerprint density at radius 1 is 1.00 bits per heavy atom. The van der Waals surface area contributed by atoms with Crippen LogP contribution >= 0.6 is 0 Å². The van der Waals surface area contributed by atoms with E-state index in [0.717, 1.165) is 23.8 Å². The minimum atomic E-state index is 0.759. The van der Waals surface area contributed by atoms with Gasteiger partial charge < -0.3 is 0 Å². The van der Waals surface area contributed by atoms with Gasteiger partial charge in [0, 0.05) is 5.56 Å². The molecule has 0 heteroatoms. The van der Waals surface area contributed by atoms with E-state index in [0.29, 0.717) is 0 Å². The van der Waals surface area contributed by atoms with Crippen LogP contribution in [0.1, 0.15) is 69.9 Å². The van der Waals surface area contributed by atoms with Gasteiger partial charge in [-0.2, -0.15) is 0 Å². The summed E-state index contributed by atoms with van der Waals surface area (Å²) in [5.74, 6) is 8.20. The van der Waals surface area contributed by atoms with E-state index in [1.165, 1.54) is 50.5 Å². The number of allylic oxidation sites excluding steroid dienone is 2.